The van der Waals surface area contributed by atoms with E-state index in [2.05, 4.69) is 9.97 Å². The SMILES string of the molecule is Cc1ccc(-c2csc3nc(CO)[nH]c(=O)c23)s1. The number of nitrogens with one attached hydrogen (secondary N) is 1. The van der Waals surface area contributed by atoms with Crippen LogP contribution < -0.4 is 5.56 Å². The molecule has 0 saturated carbocycles. The molecule has 4 nitrogen and oxygen atoms in total. The molecule has 2 N–H and O–H groups in total. The lowest BCUT2D eigenvalue weighted by Gasteiger charge is -1.97. The molecule has 0 atom stereocenters. The van der Waals surface area contributed by atoms with Gasteiger partial charge in [0.1, 0.15) is 17.3 Å². The fraction of sp³-hybridized carbons (Fsp3) is 0.167. The summed E-state index contributed by atoms with van der Waals surface area (Å²) in [6.07, 6.45) is 0. The van der Waals surface area contributed by atoms with Gasteiger partial charge in [-0.3, -0.25) is 4.79 Å². The Morgan fingerprint density at radius 2 is 2.28 bits per heavy atom. The predicted octanol–water partition coefficient (Wildman–Crippen LogP) is 2.51. The number of aliphatic hydroxyl groups is 1. The molecule has 0 bridgehead atoms. The van der Waals surface area contributed by atoms with E-state index in [1.807, 2.05) is 24.4 Å². The zero-order valence-corrected chi connectivity index (χ0v) is 11.2. The van der Waals surface area contributed by atoms with Crippen molar-refractivity contribution in [3.8, 4) is 10.4 Å². The maximum absolute atomic E-state index is 12.0. The number of thiophene rings is 2. The largest absolute Gasteiger partial charge is 0.388 e. The molecule has 92 valence electrons. The molecule has 0 unspecified atom stereocenters. The molecule has 6 heteroatoms. The van der Waals surface area contributed by atoms with Crippen LogP contribution >= 0.6 is 22.7 Å². The van der Waals surface area contributed by atoms with E-state index < -0.39 is 0 Å². The van der Waals surface area contributed by atoms with Crippen molar-refractivity contribution in [1.82, 2.24) is 9.97 Å². The van der Waals surface area contributed by atoms with Gasteiger partial charge in [0.15, 0.2) is 0 Å². The van der Waals surface area contributed by atoms with Crippen LogP contribution in [0.1, 0.15) is 10.7 Å². The number of hydrogen-bond donors (Lipinski definition) is 2. The summed E-state index contributed by atoms with van der Waals surface area (Å²) < 4.78 is 0. The summed E-state index contributed by atoms with van der Waals surface area (Å²) in [5, 5.41) is 11.6. The molecule has 0 saturated heterocycles. The second kappa shape index (κ2) is 4.31. The van der Waals surface area contributed by atoms with Crippen LogP contribution in [0.4, 0.5) is 0 Å². The minimum atomic E-state index is -0.253. The average Bonchev–Trinajstić information content (AvgIpc) is 2.94. The van der Waals surface area contributed by atoms with Gasteiger partial charge in [0.05, 0.1) is 5.39 Å². The highest BCUT2D eigenvalue weighted by atomic mass is 32.1. The number of aromatic nitrogens is 2. The van der Waals surface area contributed by atoms with E-state index in [0.29, 0.717) is 16.0 Å². The minimum Gasteiger partial charge on any atom is -0.388 e. The van der Waals surface area contributed by atoms with Gasteiger partial charge in [-0.25, -0.2) is 4.98 Å². The molecule has 0 aliphatic heterocycles. The zero-order valence-electron chi connectivity index (χ0n) is 9.56. The summed E-state index contributed by atoms with van der Waals surface area (Å²) in [7, 11) is 0. The number of fused-ring (bicyclic) bond motifs is 1. The van der Waals surface area contributed by atoms with Gasteiger partial charge in [-0.05, 0) is 19.1 Å². The number of H-pyrrole nitrogens is 1. The molecule has 0 fully saturated rings. The van der Waals surface area contributed by atoms with E-state index in [9.17, 15) is 4.79 Å². The number of nitrogens with zero attached hydrogens (tertiary/aromatic N) is 1. The number of aryl methyl sites for hydroxylation is 1. The first-order valence-corrected chi connectivity index (χ1v) is 7.06. The van der Waals surface area contributed by atoms with E-state index >= 15 is 0 Å². The smallest absolute Gasteiger partial charge is 0.260 e. The molecule has 18 heavy (non-hydrogen) atoms. The molecule has 0 amide bonds. The van der Waals surface area contributed by atoms with Crippen molar-refractivity contribution in [2.45, 2.75) is 13.5 Å². The van der Waals surface area contributed by atoms with Crippen LogP contribution in [0, 0.1) is 6.92 Å². The number of rotatable bonds is 2. The molecule has 0 aliphatic carbocycles. The van der Waals surface area contributed by atoms with Gasteiger partial charge in [-0.2, -0.15) is 0 Å². The quantitative estimate of drug-likeness (QED) is 0.757. The Morgan fingerprint density at radius 3 is 2.94 bits per heavy atom. The van der Waals surface area contributed by atoms with E-state index in [-0.39, 0.29) is 12.2 Å². The van der Waals surface area contributed by atoms with E-state index in [1.165, 1.54) is 16.2 Å². The summed E-state index contributed by atoms with van der Waals surface area (Å²) in [6.45, 7) is 1.78. The van der Waals surface area contributed by atoms with Crippen LogP contribution in [0.3, 0.4) is 0 Å². The van der Waals surface area contributed by atoms with Crippen molar-refractivity contribution in [3.05, 3.63) is 38.6 Å². The van der Waals surface area contributed by atoms with E-state index in [1.54, 1.807) is 11.3 Å². The van der Waals surface area contributed by atoms with Crippen LogP contribution in [-0.4, -0.2) is 15.1 Å². The molecule has 0 spiro atoms. The lowest BCUT2D eigenvalue weighted by Crippen LogP contribution is -2.11. The van der Waals surface area contributed by atoms with Crippen molar-refractivity contribution in [1.29, 1.82) is 0 Å². The van der Waals surface area contributed by atoms with Gasteiger partial charge in [0.25, 0.3) is 5.56 Å². The molecule has 0 aliphatic rings. The molecule has 3 aromatic rings. The maximum Gasteiger partial charge on any atom is 0.260 e. The Balaban J connectivity index is 2.29. The summed E-state index contributed by atoms with van der Waals surface area (Å²) in [6, 6.07) is 4.05. The molecule has 3 rings (SSSR count). The Hall–Kier alpha value is -1.50. The van der Waals surface area contributed by atoms with Crippen LogP contribution in [0.2, 0.25) is 0 Å². The summed E-state index contributed by atoms with van der Waals surface area (Å²) in [4.78, 5) is 21.8. The highest BCUT2D eigenvalue weighted by molar-refractivity contribution is 7.19. The van der Waals surface area contributed by atoms with E-state index in [0.717, 1.165) is 10.4 Å². The normalized spacial score (nSPS) is 11.2. The molecule has 0 aromatic carbocycles. The van der Waals surface area contributed by atoms with E-state index in [4.69, 9.17) is 5.11 Å². The van der Waals surface area contributed by atoms with Crippen molar-refractivity contribution in [3.63, 3.8) is 0 Å². The molecule has 3 heterocycles. The zero-order chi connectivity index (χ0) is 12.7. The molecule has 3 aromatic heterocycles. The fourth-order valence-electron chi connectivity index (χ4n) is 1.83. The highest BCUT2D eigenvalue weighted by Gasteiger charge is 2.13. The van der Waals surface area contributed by atoms with Gasteiger partial charge >= 0.3 is 0 Å². The number of aliphatic hydroxyl groups excluding tert-OH is 1. The van der Waals surface area contributed by atoms with Crippen LogP contribution in [0.15, 0.2) is 22.3 Å². The second-order valence-electron chi connectivity index (χ2n) is 3.91. The first kappa shape index (κ1) is 11.6. The summed E-state index contributed by atoms with van der Waals surface area (Å²) >= 11 is 3.08. The monoisotopic (exact) mass is 278 g/mol. The summed E-state index contributed by atoms with van der Waals surface area (Å²) in [5.41, 5.74) is 0.734. The third kappa shape index (κ3) is 1.78. The Bertz CT molecular complexity index is 770. The lowest BCUT2D eigenvalue weighted by atomic mass is 10.2. The third-order valence-electron chi connectivity index (χ3n) is 2.65. The van der Waals surface area contributed by atoms with Crippen molar-refractivity contribution >= 4 is 32.9 Å². The summed E-state index contributed by atoms with van der Waals surface area (Å²) in [5.74, 6) is 0.309. The van der Waals surface area contributed by atoms with Crippen molar-refractivity contribution < 1.29 is 5.11 Å². The first-order valence-electron chi connectivity index (χ1n) is 5.37. The molecular formula is C12H10N2O2S2. The van der Waals surface area contributed by atoms with Gasteiger partial charge < -0.3 is 10.1 Å². The van der Waals surface area contributed by atoms with Crippen LogP contribution in [0.5, 0.6) is 0 Å². The molecule has 0 radical (unpaired) electrons. The average molecular weight is 278 g/mol. The number of hydrogen-bond acceptors (Lipinski definition) is 5. The standard InChI is InChI=1S/C12H10N2O2S2/c1-6-2-3-8(18-6)7-5-17-12-10(7)11(16)13-9(4-15)14-12/h2-3,5,15H,4H2,1H3,(H,13,14,16). The second-order valence-corrected chi connectivity index (χ2v) is 6.06. The number of aromatic amines is 1. The molecular weight excluding hydrogens is 268 g/mol. The van der Waals surface area contributed by atoms with Gasteiger partial charge in [-0.15, -0.1) is 22.7 Å². The van der Waals surface area contributed by atoms with Gasteiger partial charge in [0.2, 0.25) is 0 Å². The topological polar surface area (TPSA) is 66.0 Å². The Kier molecular flexibility index (Phi) is 2.77. The van der Waals surface area contributed by atoms with Crippen LogP contribution in [0.25, 0.3) is 20.7 Å². The van der Waals surface area contributed by atoms with Gasteiger partial charge in [-0.1, -0.05) is 0 Å². The van der Waals surface area contributed by atoms with Crippen molar-refractivity contribution in [2.75, 3.05) is 0 Å². The minimum absolute atomic E-state index is 0.189. The predicted molar refractivity (Wildman–Crippen MR) is 74.2 cm³/mol. The van der Waals surface area contributed by atoms with Gasteiger partial charge in [0, 0.05) is 20.7 Å². The Labute approximate surface area is 111 Å². The van der Waals surface area contributed by atoms with Crippen LogP contribution in [-0.2, 0) is 6.61 Å². The lowest BCUT2D eigenvalue weighted by molar-refractivity contribution is 0.271. The first-order chi connectivity index (χ1) is 8.69. The fourth-order valence-corrected chi connectivity index (χ4v) is 3.75. The highest BCUT2D eigenvalue weighted by Crippen LogP contribution is 2.34. The van der Waals surface area contributed by atoms with Crippen molar-refractivity contribution in [2.24, 2.45) is 0 Å². The third-order valence-corrected chi connectivity index (χ3v) is 4.55. The Morgan fingerprint density at radius 1 is 1.44 bits per heavy atom. The maximum atomic E-state index is 12.0.